The smallest absolute Gasteiger partial charge is 0.133 e. The first-order chi connectivity index (χ1) is 11.2. The summed E-state index contributed by atoms with van der Waals surface area (Å²) in [5.74, 6) is 0.846. The van der Waals surface area contributed by atoms with Gasteiger partial charge in [0.1, 0.15) is 11.6 Å². The van der Waals surface area contributed by atoms with Crippen LogP contribution in [0.4, 0.5) is 10.2 Å². The van der Waals surface area contributed by atoms with Gasteiger partial charge in [-0.1, -0.05) is 40.2 Å². The van der Waals surface area contributed by atoms with Gasteiger partial charge in [0.05, 0.1) is 11.4 Å². The maximum absolute atomic E-state index is 14.0. The quantitative estimate of drug-likeness (QED) is 0.742. The first kappa shape index (κ1) is 14.5. The van der Waals surface area contributed by atoms with E-state index in [-0.39, 0.29) is 5.82 Å². The molecule has 0 aliphatic carbocycles. The van der Waals surface area contributed by atoms with Gasteiger partial charge in [0, 0.05) is 23.0 Å². The lowest BCUT2D eigenvalue weighted by Crippen LogP contribution is -2.05. The highest BCUT2D eigenvalue weighted by Gasteiger charge is 2.23. The summed E-state index contributed by atoms with van der Waals surface area (Å²) < 4.78 is 16.9. The van der Waals surface area contributed by atoms with E-state index in [4.69, 9.17) is 5.10 Å². The fraction of sp³-hybridized carbons (Fsp3) is 0.167. The third-order valence-electron chi connectivity index (χ3n) is 4.10. The second-order valence-corrected chi connectivity index (χ2v) is 6.53. The first-order valence-electron chi connectivity index (χ1n) is 7.56. The van der Waals surface area contributed by atoms with Crippen molar-refractivity contribution in [2.45, 2.75) is 12.8 Å². The highest BCUT2D eigenvalue weighted by molar-refractivity contribution is 9.10. The number of nitrogens with one attached hydrogen (secondary N) is 1. The number of benzene rings is 2. The van der Waals surface area contributed by atoms with Gasteiger partial charge in [-0.3, -0.25) is 0 Å². The van der Waals surface area contributed by atoms with Gasteiger partial charge in [-0.05, 0) is 36.2 Å². The van der Waals surface area contributed by atoms with E-state index in [1.807, 2.05) is 41.1 Å². The lowest BCUT2D eigenvalue weighted by Gasteiger charge is -2.06. The van der Waals surface area contributed by atoms with E-state index in [1.54, 1.807) is 6.07 Å². The molecule has 1 aliphatic heterocycles. The van der Waals surface area contributed by atoms with Crippen molar-refractivity contribution >= 4 is 21.7 Å². The molecule has 1 aromatic heterocycles. The van der Waals surface area contributed by atoms with Crippen LogP contribution in [0.5, 0.6) is 0 Å². The average molecular weight is 372 g/mol. The Bertz CT molecular complexity index is 872. The zero-order chi connectivity index (χ0) is 15.8. The summed E-state index contributed by atoms with van der Waals surface area (Å²) in [5, 5.41) is 8.15. The van der Waals surface area contributed by atoms with Crippen LogP contribution in [0.2, 0.25) is 0 Å². The van der Waals surface area contributed by atoms with Crippen LogP contribution in [0.15, 0.2) is 53.0 Å². The van der Waals surface area contributed by atoms with Crippen molar-refractivity contribution in [3.8, 4) is 5.69 Å². The number of nitrogens with zero attached hydrogens (tertiary/aromatic N) is 2. The molecule has 0 spiro atoms. The van der Waals surface area contributed by atoms with Crippen molar-refractivity contribution < 1.29 is 4.39 Å². The Hall–Kier alpha value is -2.14. The van der Waals surface area contributed by atoms with Crippen LogP contribution < -0.4 is 5.32 Å². The third-order valence-corrected chi connectivity index (χ3v) is 4.60. The predicted molar refractivity (Wildman–Crippen MR) is 92.7 cm³/mol. The zero-order valence-electron chi connectivity index (χ0n) is 12.4. The Morgan fingerprint density at radius 3 is 2.87 bits per heavy atom. The van der Waals surface area contributed by atoms with Crippen LogP contribution in [0, 0.1) is 5.82 Å². The Morgan fingerprint density at radius 1 is 1.17 bits per heavy atom. The highest BCUT2D eigenvalue weighted by Crippen LogP contribution is 2.31. The van der Waals surface area contributed by atoms with Gasteiger partial charge in [-0.15, -0.1) is 0 Å². The lowest BCUT2D eigenvalue weighted by atomic mass is 10.1. The topological polar surface area (TPSA) is 29.9 Å². The van der Waals surface area contributed by atoms with E-state index in [9.17, 15) is 4.39 Å². The molecule has 4 rings (SSSR count). The molecule has 1 N–H and O–H groups in total. The molecule has 0 atom stereocenters. The molecular weight excluding hydrogens is 357 g/mol. The van der Waals surface area contributed by atoms with Gasteiger partial charge >= 0.3 is 0 Å². The van der Waals surface area contributed by atoms with Crippen molar-refractivity contribution in [3.63, 3.8) is 0 Å². The normalized spacial score (nSPS) is 13.0. The van der Waals surface area contributed by atoms with Crippen LogP contribution in [0.3, 0.4) is 0 Å². The van der Waals surface area contributed by atoms with E-state index < -0.39 is 0 Å². The molecule has 0 amide bonds. The summed E-state index contributed by atoms with van der Waals surface area (Å²) in [5.41, 5.74) is 3.80. The van der Waals surface area contributed by atoms with Crippen molar-refractivity contribution in [2.75, 3.05) is 11.9 Å². The molecule has 116 valence electrons. The maximum Gasteiger partial charge on any atom is 0.133 e. The SMILES string of the molecule is Fc1ccccc1Cc1nn(-c2cccc(Br)c2)c2c1CCN2. The molecule has 0 bridgehead atoms. The van der Waals surface area contributed by atoms with Crippen molar-refractivity contribution in [1.82, 2.24) is 9.78 Å². The lowest BCUT2D eigenvalue weighted by molar-refractivity contribution is 0.612. The number of halogens is 2. The minimum Gasteiger partial charge on any atom is -0.369 e. The molecular formula is C18H15BrFN3. The summed E-state index contributed by atoms with van der Waals surface area (Å²) in [4.78, 5) is 0. The third kappa shape index (κ3) is 2.65. The molecule has 3 nitrogen and oxygen atoms in total. The number of aromatic nitrogens is 2. The van der Waals surface area contributed by atoms with Crippen LogP contribution in [-0.4, -0.2) is 16.3 Å². The van der Waals surface area contributed by atoms with E-state index in [2.05, 4.69) is 21.2 Å². The molecule has 0 radical (unpaired) electrons. The van der Waals surface area contributed by atoms with E-state index >= 15 is 0 Å². The predicted octanol–water partition coefficient (Wildman–Crippen LogP) is 4.33. The minimum atomic E-state index is -0.177. The number of hydrogen-bond donors (Lipinski definition) is 1. The molecule has 0 fully saturated rings. The number of anilines is 1. The van der Waals surface area contributed by atoms with Crippen molar-refractivity contribution in [1.29, 1.82) is 0 Å². The number of hydrogen-bond acceptors (Lipinski definition) is 2. The Kier molecular flexibility index (Phi) is 3.65. The minimum absolute atomic E-state index is 0.177. The van der Waals surface area contributed by atoms with Gasteiger partial charge in [0.2, 0.25) is 0 Å². The molecule has 3 aromatic rings. The fourth-order valence-corrected chi connectivity index (χ4v) is 3.39. The Morgan fingerprint density at radius 2 is 2.04 bits per heavy atom. The van der Waals surface area contributed by atoms with Gasteiger partial charge in [-0.2, -0.15) is 5.10 Å². The van der Waals surface area contributed by atoms with E-state index in [0.717, 1.165) is 34.6 Å². The van der Waals surface area contributed by atoms with Crippen molar-refractivity contribution in [3.05, 3.63) is 75.6 Å². The van der Waals surface area contributed by atoms with Gasteiger partial charge in [0.15, 0.2) is 0 Å². The van der Waals surface area contributed by atoms with Crippen LogP contribution in [-0.2, 0) is 12.8 Å². The summed E-state index contributed by atoms with van der Waals surface area (Å²) in [6.45, 7) is 0.894. The Labute approximate surface area is 142 Å². The molecule has 23 heavy (non-hydrogen) atoms. The van der Waals surface area contributed by atoms with Gasteiger partial charge in [-0.25, -0.2) is 9.07 Å². The first-order valence-corrected chi connectivity index (χ1v) is 8.35. The maximum atomic E-state index is 14.0. The fourth-order valence-electron chi connectivity index (χ4n) is 3.00. The molecule has 0 saturated heterocycles. The molecule has 2 aromatic carbocycles. The molecule has 5 heteroatoms. The second-order valence-electron chi connectivity index (χ2n) is 5.61. The van der Waals surface area contributed by atoms with Crippen LogP contribution >= 0.6 is 15.9 Å². The summed E-state index contributed by atoms with van der Waals surface area (Å²) in [6, 6.07) is 14.9. The standard InChI is InChI=1S/C18H15BrFN3/c19-13-5-3-6-14(11-13)23-18-15(8-9-21-18)17(22-23)10-12-4-1-2-7-16(12)20/h1-7,11,21H,8-10H2. The second kappa shape index (κ2) is 5.81. The van der Waals surface area contributed by atoms with Crippen LogP contribution in [0.1, 0.15) is 16.8 Å². The van der Waals surface area contributed by atoms with Crippen LogP contribution in [0.25, 0.3) is 5.69 Å². The van der Waals surface area contributed by atoms with Gasteiger partial charge in [0.25, 0.3) is 0 Å². The average Bonchev–Trinajstić information content (AvgIpc) is 3.13. The zero-order valence-corrected chi connectivity index (χ0v) is 14.0. The monoisotopic (exact) mass is 371 g/mol. The summed E-state index contributed by atoms with van der Waals surface area (Å²) in [6.07, 6.45) is 1.44. The number of rotatable bonds is 3. The van der Waals surface area contributed by atoms with Crippen molar-refractivity contribution in [2.24, 2.45) is 0 Å². The van der Waals surface area contributed by atoms with Gasteiger partial charge < -0.3 is 5.32 Å². The molecule has 2 heterocycles. The largest absolute Gasteiger partial charge is 0.369 e. The molecule has 0 saturated carbocycles. The summed E-state index contributed by atoms with van der Waals surface area (Å²) >= 11 is 3.50. The van der Waals surface area contributed by atoms with E-state index in [0.29, 0.717) is 12.0 Å². The highest BCUT2D eigenvalue weighted by atomic mass is 79.9. The molecule has 0 unspecified atom stereocenters. The Balaban J connectivity index is 1.78. The van der Waals surface area contributed by atoms with E-state index in [1.165, 1.54) is 11.6 Å². The summed E-state index contributed by atoms with van der Waals surface area (Å²) in [7, 11) is 0. The molecule has 1 aliphatic rings. The number of fused-ring (bicyclic) bond motifs is 1.